The summed E-state index contributed by atoms with van der Waals surface area (Å²) in [6, 6.07) is 0. The van der Waals surface area contributed by atoms with E-state index in [1.54, 1.807) is 0 Å². The minimum absolute atomic E-state index is 0.233. The van der Waals surface area contributed by atoms with Crippen LogP contribution in [0.3, 0.4) is 0 Å². The first-order valence-corrected chi connectivity index (χ1v) is 9.23. The average molecular weight is 393 g/mol. The fraction of sp³-hybridized carbons (Fsp3) is 0.625. The second kappa shape index (κ2) is 8.07. The lowest BCUT2D eigenvalue weighted by atomic mass is 9.82. The van der Waals surface area contributed by atoms with Crippen molar-refractivity contribution in [1.29, 1.82) is 0 Å². The van der Waals surface area contributed by atoms with E-state index < -0.39 is 62.1 Å². The monoisotopic (exact) mass is 393 g/mol. The molecule has 0 aromatic carbocycles. The van der Waals surface area contributed by atoms with Gasteiger partial charge in [0.15, 0.2) is 11.4 Å². The molecule has 0 aromatic rings. The normalized spacial score (nSPS) is 22.0. The highest BCUT2D eigenvalue weighted by molar-refractivity contribution is 8.10. The highest BCUT2D eigenvalue weighted by Crippen LogP contribution is 2.31. The van der Waals surface area contributed by atoms with Crippen molar-refractivity contribution in [2.45, 2.75) is 51.1 Å². The fourth-order valence-electron chi connectivity index (χ4n) is 2.47. The first-order chi connectivity index (χ1) is 12.3. The van der Waals surface area contributed by atoms with Gasteiger partial charge in [-0.3, -0.25) is 9.59 Å². The Balaban J connectivity index is 3.41. The maximum atomic E-state index is 12.7. The number of sulfone groups is 1. The van der Waals surface area contributed by atoms with Gasteiger partial charge in [-0.25, -0.2) is 8.42 Å². The topological polar surface area (TPSA) is 169 Å². The molecule has 0 bridgehead atoms. The Labute approximate surface area is 152 Å². The summed E-state index contributed by atoms with van der Waals surface area (Å²) in [5.41, 5.74) is -2.72. The van der Waals surface area contributed by atoms with Gasteiger partial charge in [0, 0.05) is 7.79 Å². The molecule has 4 atom stereocenters. The van der Waals surface area contributed by atoms with E-state index in [4.69, 9.17) is 6.48 Å². The van der Waals surface area contributed by atoms with Crippen molar-refractivity contribution in [3.63, 3.8) is 0 Å². The van der Waals surface area contributed by atoms with Crippen LogP contribution in [0.4, 0.5) is 0 Å². The van der Waals surface area contributed by atoms with E-state index in [0.717, 1.165) is 6.08 Å². The summed E-state index contributed by atoms with van der Waals surface area (Å²) < 4.78 is 32.5. The van der Waals surface area contributed by atoms with Crippen LogP contribution < -0.4 is 0 Å². The molecule has 1 aliphatic rings. The predicted molar refractivity (Wildman–Crippen MR) is 90.3 cm³/mol. The largest absolute Gasteiger partial charge is 0.394 e. The Morgan fingerprint density at radius 1 is 1.31 bits per heavy atom. The van der Waals surface area contributed by atoms with Crippen molar-refractivity contribution in [1.82, 2.24) is 0 Å². The fourth-order valence-corrected chi connectivity index (χ4v) is 4.08. The smallest absolute Gasteiger partial charge is 0.285 e. The zero-order chi connectivity index (χ0) is 21.2. The molecule has 0 unspecified atom stereocenters. The van der Waals surface area contributed by atoms with Gasteiger partial charge in [-0.05, 0) is 18.9 Å². The van der Waals surface area contributed by atoms with E-state index in [0.29, 0.717) is 5.57 Å². The second-order valence-corrected chi connectivity index (χ2v) is 8.23. The van der Waals surface area contributed by atoms with Gasteiger partial charge in [-0.15, -0.1) is 0 Å². The average Bonchev–Trinajstić information content (AvgIpc) is 2.63. The highest BCUT2D eigenvalue weighted by Gasteiger charge is 2.56. The van der Waals surface area contributed by atoms with E-state index in [9.17, 15) is 38.4 Å². The van der Waals surface area contributed by atoms with Crippen LogP contribution in [-0.2, 0) is 19.4 Å². The van der Waals surface area contributed by atoms with Crippen molar-refractivity contribution in [2.75, 3.05) is 6.61 Å². The van der Waals surface area contributed by atoms with Gasteiger partial charge in [-0.1, -0.05) is 25.5 Å². The van der Waals surface area contributed by atoms with Crippen molar-refractivity contribution < 1.29 is 44.9 Å². The summed E-state index contributed by atoms with van der Waals surface area (Å²) in [7, 11) is -5.05. The molecule has 0 saturated carbocycles. The van der Waals surface area contributed by atoms with Gasteiger partial charge in [-0.2, -0.15) is 0 Å². The summed E-state index contributed by atoms with van der Waals surface area (Å²) in [6.45, 7) is 1.15. The number of aliphatic hydroxyl groups is 5. The SMILES string of the molecule is [2H]CC1=CC=C(S(=O)(=O)C(=O)[C@@](O)(C(C)C)[C@@H](O)[C@H](O)[C@H](O)CO)C(=O)C1. The third kappa shape index (κ3) is 3.95. The molecule has 10 heteroatoms. The summed E-state index contributed by atoms with van der Waals surface area (Å²) >= 11 is 0. The molecule has 0 heterocycles. The standard InChI is InChI=1S/C16H24O9S/c1-8(2)16(23,14(21)13(20)11(19)7-17)15(22)26(24,25)12-5-4-9(3)6-10(12)18/h4-5,8,11,13-14,17,19-21,23H,6-7H2,1-3H3/t11-,13-,14+,16-/m1/s1/i3D. The van der Waals surface area contributed by atoms with Crippen molar-refractivity contribution in [3.8, 4) is 0 Å². The molecule has 0 amide bonds. The lowest BCUT2D eigenvalue weighted by Crippen LogP contribution is -2.62. The van der Waals surface area contributed by atoms with Crippen molar-refractivity contribution in [3.05, 3.63) is 22.6 Å². The quantitative estimate of drug-likeness (QED) is 0.335. The molecule has 0 spiro atoms. The maximum absolute atomic E-state index is 12.7. The van der Waals surface area contributed by atoms with Gasteiger partial charge >= 0.3 is 0 Å². The van der Waals surface area contributed by atoms with Crippen LogP contribution >= 0.6 is 0 Å². The van der Waals surface area contributed by atoms with Crippen LogP contribution in [-0.4, -0.2) is 75.4 Å². The molecule has 0 aromatic heterocycles. The minimum atomic E-state index is -5.05. The third-order valence-electron chi connectivity index (χ3n) is 4.23. The van der Waals surface area contributed by atoms with Crippen LogP contribution in [0.1, 0.15) is 28.5 Å². The van der Waals surface area contributed by atoms with Gasteiger partial charge in [0.25, 0.3) is 5.12 Å². The van der Waals surface area contributed by atoms with E-state index in [2.05, 4.69) is 0 Å². The molecular formula is C16H24O9S. The van der Waals surface area contributed by atoms with Crippen LogP contribution in [0.2, 0.25) is 0 Å². The molecule has 1 aliphatic carbocycles. The zero-order valence-electron chi connectivity index (χ0n) is 15.4. The van der Waals surface area contributed by atoms with Gasteiger partial charge in [0.2, 0.25) is 9.84 Å². The Morgan fingerprint density at radius 3 is 2.31 bits per heavy atom. The van der Waals surface area contributed by atoms with Gasteiger partial charge in [0.1, 0.15) is 23.2 Å². The molecule has 9 nitrogen and oxygen atoms in total. The number of hydrogen-bond donors (Lipinski definition) is 5. The zero-order valence-corrected chi connectivity index (χ0v) is 15.2. The van der Waals surface area contributed by atoms with E-state index in [-0.39, 0.29) is 13.3 Å². The number of hydrogen-bond acceptors (Lipinski definition) is 9. The number of aliphatic hydroxyl groups excluding tert-OH is 4. The van der Waals surface area contributed by atoms with Crippen molar-refractivity contribution >= 4 is 20.7 Å². The predicted octanol–water partition coefficient (Wildman–Crippen LogP) is -1.81. The first kappa shape index (κ1) is 20.9. The Morgan fingerprint density at radius 2 is 1.88 bits per heavy atom. The summed E-state index contributed by atoms with van der Waals surface area (Å²) in [4.78, 5) is 23.9. The Hall–Kier alpha value is -1.43. The second-order valence-electron chi connectivity index (χ2n) is 6.41. The van der Waals surface area contributed by atoms with Gasteiger partial charge in [0.05, 0.1) is 6.61 Å². The summed E-state index contributed by atoms with van der Waals surface area (Å²) in [5.74, 6) is -2.18. The molecule has 0 saturated heterocycles. The van der Waals surface area contributed by atoms with Crippen LogP contribution in [0.5, 0.6) is 0 Å². The Bertz CT molecular complexity index is 756. The molecule has 26 heavy (non-hydrogen) atoms. The number of allylic oxidation sites excluding steroid dienone is 4. The summed E-state index contributed by atoms with van der Waals surface area (Å²) in [5, 5.41) is 47.1. The number of carbonyl (C=O) groups is 2. The lowest BCUT2D eigenvalue weighted by molar-refractivity contribution is -0.178. The summed E-state index contributed by atoms with van der Waals surface area (Å²) in [6.07, 6.45) is -4.94. The number of carbonyl (C=O) groups excluding carboxylic acids is 2. The molecule has 1 rings (SSSR count). The van der Waals surface area contributed by atoms with Crippen molar-refractivity contribution in [2.24, 2.45) is 5.92 Å². The molecule has 0 fully saturated rings. The highest BCUT2D eigenvalue weighted by atomic mass is 32.2. The molecule has 0 aliphatic heterocycles. The van der Waals surface area contributed by atoms with Crippen LogP contribution in [0, 0.1) is 5.92 Å². The Kier molecular flexibility index (Phi) is 6.48. The van der Waals surface area contributed by atoms with Gasteiger partial charge < -0.3 is 25.5 Å². The first-order valence-electron chi connectivity index (χ1n) is 8.45. The number of Topliss-reactive ketones (excluding diaryl/α,β-unsaturated/α-hetero) is 1. The molecule has 0 radical (unpaired) electrons. The number of ketones is 1. The third-order valence-corrected chi connectivity index (χ3v) is 5.99. The molecule has 5 N–H and O–H groups in total. The maximum Gasteiger partial charge on any atom is 0.285 e. The van der Waals surface area contributed by atoms with E-state index >= 15 is 0 Å². The molecular weight excluding hydrogens is 368 g/mol. The minimum Gasteiger partial charge on any atom is -0.394 e. The van der Waals surface area contributed by atoms with E-state index in [1.165, 1.54) is 19.9 Å². The van der Waals surface area contributed by atoms with E-state index in [1.807, 2.05) is 0 Å². The number of rotatable bonds is 7. The molecule has 148 valence electrons. The van der Waals surface area contributed by atoms with Crippen LogP contribution in [0.25, 0.3) is 0 Å². The van der Waals surface area contributed by atoms with Crippen LogP contribution in [0.15, 0.2) is 22.6 Å². The lowest BCUT2D eigenvalue weighted by Gasteiger charge is -2.37.